The maximum Gasteiger partial charge on any atom is 0.412 e. The number of benzene rings is 3. The standard InChI is InChI=1S/C24H37N3O4Si.2C13H15N3O.CH4O.3ClH/c1-24(2,3)31-23(28)26(18-29-15-16-32(4,5)6)17-22-20-9-7-10-21(19(20)11-14-30-22)27-13-8-12-25-27;2*14-9-13-11-3-1-4-12(10(11)5-8-17-13)16-7-2-6-15-16;1-2;;;/h7-10,12-13,22H,11,14-18H2,1-6H3;2*1-4,6-7,13H,5,8-9,14H2;2H,1H3;3*1H/t22-;2*13-;;;;/m110..../s1. The highest BCUT2D eigenvalue weighted by molar-refractivity contribution is 6.76. The van der Waals surface area contributed by atoms with Crippen molar-refractivity contribution in [3.05, 3.63) is 143 Å². The Hall–Kier alpha value is -4.63. The van der Waals surface area contributed by atoms with E-state index in [0.717, 1.165) is 68.3 Å². The van der Waals surface area contributed by atoms with E-state index in [-0.39, 0.29) is 68.4 Å². The van der Waals surface area contributed by atoms with Crippen LogP contribution in [0.1, 0.15) is 72.5 Å². The lowest BCUT2D eigenvalue weighted by atomic mass is 9.95. The molecule has 0 bridgehead atoms. The summed E-state index contributed by atoms with van der Waals surface area (Å²) in [6, 6.07) is 25.4. The highest BCUT2D eigenvalue weighted by Gasteiger charge is 2.30. The molecule has 0 radical (unpaired) electrons. The molecule has 0 spiro atoms. The molecule has 390 valence electrons. The monoisotopic (exact) mass is 1060 g/mol. The number of amides is 1. The molecule has 0 fully saturated rings. The fourth-order valence-electron chi connectivity index (χ4n) is 8.36. The fraction of sp³-hybridized carbons (Fsp3) is 0.451. The van der Waals surface area contributed by atoms with Crippen molar-refractivity contribution in [1.82, 2.24) is 34.2 Å². The second-order valence-electron chi connectivity index (χ2n) is 18.7. The molecule has 9 rings (SSSR count). The van der Waals surface area contributed by atoms with Gasteiger partial charge in [-0.2, -0.15) is 15.3 Å². The van der Waals surface area contributed by atoms with Gasteiger partial charge in [0.05, 0.1) is 55.6 Å². The lowest BCUT2D eigenvalue weighted by Gasteiger charge is -2.33. The van der Waals surface area contributed by atoms with Crippen LogP contribution in [0.2, 0.25) is 25.7 Å². The zero-order chi connectivity index (χ0) is 48.7. The third-order valence-electron chi connectivity index (χ3n) is 11.6. The molecule has 3 aliphatic heterocycles. The van der Waals surface area contributed by atoms with Crippen molar-refractivity contribution >= 4 is 51.4 Å². The van der Waals surface area contributed by atoms with E-state index in [1.54, 1.807) is 23.5 Å². The molecule has 3 aromatic carbocycles. The summed E-state index contributed by atoms with van der Waals surface area (Å²) >= 11 is 0. The van der Waals surface area contributed by atoms with Crippen molar-refractivity contribution in [1.29, 1.82) is 0 Å². The summed E-state index contributed by atoms with van der Waals surface area (Å²) in [5.41, 5.74) is 21.5. The van der Waals surface area contributed by atoms with Gasteiger partial charge in [-0.1, -0.05) is 56.0 Å². The number of carbonyl (C=O) groups excluding carboxylic acids is 1. The van der Waals surface area contributed by atoms with Crippen LogP contribution >= 0.6 is 37.2 Å². The van der Waals surface area contributed by atoms with Gasteiger partial charge < -0.3 is 40.3 Å². The maximum atomic E-state index is 13.0. The zero-order valence-electron chi connectivity index (χ0n) is 42.0. The van der Waals surface area contributed by atoms with Gasteiger partial charge in [-0.25, -0.2) is 18.8 Å². The van der Waals surface area contributed by atoms with Gasteiger partial charge in [-0.05, 0) is 116 Å². The molecule has 0 saturated heterocycles. The van der Waals surface area contributed by atoms with Gasteiger partial charge in [-0.15, -0.1) is 37.2 Å². The average molecular weight is 1060 g/mol. The lowest BCUT2D eigenvalue weighted by Crippen LogP contribution is -2.42. The normalized spacial score (nSPS) is 16.6. The maximum absolute atomic E-state index is 13.0. The number of aliphatic hydroxyl groups is 1. The van der Waals surface area contributed by atoms with Crippen LogP contribution in [-0.4, -0.2) is 119 Å². The topological polar surface area (TPSA) is 192 Å². The molecule has 0 aliphatic carbocycles. The molecule has 3 aliphatic rings. The third-order valence-corrected chi connectivity index (χ3v) is 13.3. The van der Waals surface area contributed by atoms with E-state index in [1.807, 2.05) is 89.8 Å². The van der Waals surface area contributed by atoms with Crippen molar-refractivity contribution in [2.75, 3.05) is 59.9 Å². The number of ether oxygens (including phenoxy) is 5. The summed E-state index contributed by atoms with van der Waals surface area (Å²) in [4.78, 5) is 14.6. The Bertz CT molecular complexity index is 2360. The first-order chi connectivity index (χ1) is 32.8. The molecule has 6 heterocycles. The van der Waals surface area contributed by atoms with Gasteiger partial charge in [-0.3, -0.25) is 4.90 Å². The lowest BCUT2D eigenvalue weighted by molar-refractivity contribution is -0.0406. The Morgan fingerprint density at radius 1 is 0.662 bits per heavy atom. The minimum absolute atomic E-state index is 0. The van der Waals surface area contributed by atoms with Gasteiger partial charge in [0.15, 0.2) is 0 Å². The Morgan fingerprint density at radius 2 is 1.04 bits per heavy atom. The average Bonchev–Trinajstić information content (AvgIpc) is 4.18. The zero-order valence-corrected chi connectivity index (χ0v) is 45.5. The van der Waals surface area contributed by atoms with E-state index in [9.17, 15) is 4.79 Å². The van der Waals surface area contributed by atoms with Gasteiger partial charge in [0.2, 0.25) is 0 Å². The van der Waals surface area contributed by atoms with Crippen molar-refractivity contribution < 1.29 is 33.6 Å². The van der Waals surface area contributed by atoms with Gasteiger partial charge in [0.25, 0.3) is 0 Å². The van der Waals surface area contributed by atoms with E-state index in [4.69, 9.17) is 40.3 Å². The fourth-order valence-corrected chi connectivity index (χ4v) is 9.11. The second-order valence-corrected chi connectivity index (χ2v) is 24.4. The van der Waals surface area contributed by atoms with Crippen LogP contribution in [0.5, 0.6) is 0 Å². The SMILES string of the molecule is CC(C)(C)OC(=O)N(COCC[Si](C)(C)C)C[C@H]1OCCc2c1cccc2-n1cccn1.CO.Cl.Cl.Cl.NC[C@@H]1OCCc2c1cccc2-n1cccn1.NC[C@H]1OCCc2c1cccc2-n1cccn1. The summed E-state index contributed by atoms with van der Waals surface area (Å²) in [7, 11) is -0.210. The predicted octanol–water partition coefficient (Wildman–Crippen LogP) is 8.80. The van der Waals surface area contributed by atoms with Crippen LogP contribution in [0, 0.1) is 0 Å². The number of aliphatic hydroxyl groups excluding tert-OH is 1. The van der Waals surface area contributed by atoms with Crippen LogP contribution in [0.15, 0.2) is 110 Å². The molecule has 16 nitrogen and oxygen atoms in total. The van der Waals surface area contributed by atoms with Gasteiger partial charge in [0.1, 0.15) is 18.4 Å². The highest BCUT2D eigenvalue weighted by Crippen LogP contribution is 2.34. The summed E-state index contributed by atoms with van der Waals surface area (Å²) < 4.78 is 34.7. The molecule has 20 heteroatoms. The summed E-state index contributed by atoms with van der Waals surface area (Å²) in [5, 5.41) is 20.0. The molecular formula is C51H74Cl3N9O7Si. The van der Waals surface area contributed by atoms with Crippen molar-refractivity contribution in [3.63, 3.8) is 0 Å². The van der Waals surface area contributed by atoms with Crippen LogP contribution in [0.4, 0.5) is 4.79 Å². The molecular weight excluding hydrogens is 985 g/mol. The summed E-state index contributed by atoms with van der Waals surface area (Å²) in [6.45, 7) is 16.9. The Morgan fingerprint density at radius 3 is 1.38 bits per heavy atom. The second kappa shape index (κ2) is 29.2. The number of hydrogen-bond acceptors (Lipinski definition) is 12. The summed E-state index contributed by atoms with van der Waals surface area (Å²) in [6.07, 6.45) is 13.3. The number of fused-ring (bicyclic) bond motifs is 3. The van der Waals surface area contributed by atoms with Crippen molar-refractivity contribution in [3.8, 4) is 17.1 Å². The molecule has 6 aromatic rings. The Labute approximate surface area is 438 Å². The van der Waals surface area contributed by atoms with Crippen LogP contribution in [0.25, 0.3) is 17.1 Å². The Kier molecular flexibility index (Phi) is 24.9. The molecule has 0 unspecified atom stereocenters. The third kappa shape index (κ3) is 16.7. The first kappa shape index (κ1) is 60.7. The Balaban J connectivity index is 0.000000290. The largest absolute Gasteiger partial charge is 0.444 e. The molecule has 3 aromatic heterocycles. The van der Waals surface area contributed by atoms with Gasteiger partial charge >= 0.3 is 6.09 Å². The molecule has 3 atom stereocenters. The minimum Gasteiger partial charge on any atom is -0.444 e. The number of rotatable bonds is 12. The van der Waals surface area contributed by atoms with Crippen LogP contribution < -0.4 is 11.5 Å². The number of hydrogen-bond donors (Lipinski definition) is 3. The van der Waals surface area contributed by atoms with Crippen molar-refractivity contribution in [2.45, 2.75) is 89.6 Å². The highest BCUT2D eigenvalue weighted by atomic mass is 35.5. The molecule has 5 N–H and O–H groups in total. The number of nitrogens with two attached hydrogens (primary N) is 2. The van der Waals surface area contributed by atoms with Gasteiger partial charge in [0, 0.05) is 72.1 Å². The minimum atomic E-state index is -1.21. The van der Waals surface area contributed by atoms with Crippen LogP contribution in [-0.2, 0) is 42.9 Å². The molecule has 0 saturated carbocycles. The predicted molar refractivity (Wildman–Crippen MR) is 288 cm³/mol. The van der Waals surface area contributed by atoms with E-state index in [2.05, 4.69) is 71.3 Å². The first-order valence-corrected chi connectivity index (χ1v) is 27.1. The van der Waals surface area contributed by atoms with Crippen molar-refractivity contribution in [2.24, 2.45) is 11.5 Å². The van der Waals surface area contributed by atoms with E-state index >= 15 is 0 Å². The van der Waals surface area contributed by atoms with E-state index in [0.29, 0.717) is 32.8 Å². The number of aromatic nitrogens is 6. The molecule has 1 amide bonds. The quantitative estimate of drug-likeness (QED) is 0.0601. The number of nitrogens with zero attached hydrogens (tertiary/aromatic N) is 7. The number of carbonyl (C=O) groups is 1. The molecule has 71 heavy (non-hydrogen) atoms. The first-order valence-electron chi connectivity index (χ1n) is 23.4. The van der Waals surface area contributed by atoms with E-state index < -0.39 is 13.7 Å². The van der Waals surface area contributed by atoms with Crippen LogP contribution in [0.3, 0.4) is 0 Å². The van der Waals surface area contributed by atoms with E-state index in [1.165, 1.54) is 27.8 Å². The smallest absolute Gasteiger partial charge is 0.412 e. The number of halogens is 3. The summed E-state index contributed by atoms with van der Waals surface area (Å²) in [5.74, 6) is 0.